The Morgan fingerprint density at radius 3 is 2.62 bits per heavy atom. The third kappa shape index (κ3) is 4.58. The van der Waals surface area contributed by atoms with E-state index in [4.69, 9.17) is 9.47 Å². The van der Waals surface area contributed by atoms with Gasteiger partial charge in [0.2, 0.25) is 0 Å². The second-order valence-electron chi connectivity index (χ2n) is 4.30. The summed E-state index contributed by atoms with van der Waals surface area (Å²) >= 11 is 3.37. The van der Waals surface area contributed by atoms with Gasteiger partial charge in [0, 0.05) is 17.3 Å². The zero-order valence-electron chi connectivity index (χ0n) is 11.6. The van der Waals surface area contributed by atoms with Gasteiger partial charge in [-0.05, 0) is 30.3 Å². The van der Waals surface area contributed by atoms with Gasteiger partial charge in [0.05, 0.1) is 12.2 Å². The van der Waals surface area contributed by atoms with E-state index in [1.807, 2.05) is 36.4 Å². The molecular formula is C16H16BrNO3. The van der Waals surface area contributed by atoms with Crippen molar-refractivity contribution < 1.29 is 14.3 Å². The molecule has 0 saturated heterocycles. The van der Waals surface area contributed by atoms with Crippen molar-refractivity contribution in [1.82, 2.24) is 0 Å². The van der Waals surface area contributed by atoms with Gasteiger partial charge in [-0.1, -0.05) is 34.1 Å². The number of amides is 1. The monoisotopic (exact) mass is 349 g/mol. The summed E-state index contributed by atoms with van der Waals surface area (Å²) in [6, 6.07) is 14.6. The molecule has 0 unspecified atom stereocenters. The lowest BCUT2D eigenvalue weighted by Gasteiger charge is -2.12. The lowest BCUT2D eigenvalue weighted by molar-refractivity contribution is 0.101. The minimum atomic E-state index is -0.213. The fourth-order valence-corrected chi connectivity index (χ4v) is 2.12. The van der Waals surface area contributed by atoms with Gasteiger partial charge in [-0.25, -0.2) is 0 Å². The van der Waals surface area contributed by atoms with E-state index in [2.05, 4.69) is 21.2 Å². The molecule has 0 heterocycles. The van der Waals surface area contributed by atoms with Crippen molar-refractivity contribution in [2.45, 2.75) is 0 Å². The van der Waals surface area contributed by atoms with Crippen LogP contribution in [0.2, 0.25) is 0 Å². The number of hydrogen-bond donors (Lipinski definition) is 1. The number of ether oxygens (including phenoxy) is 2. The summed E-state index contributed by atoms with van der Waals surface area (Å²) in [5.41, 5.74) is 1.22. The third-order valence-corrected chi connectivity index (χ3v) is 3.26. The standard InChI is InChI=1S/C16H16BrNO3/c1-20-9-10-21-15-8-7-12(17)11-14(15)16(19)18-13-5-3-2-4-6-13/h2-8,11H,9-10H2,1H3,(H,18,19). The summed E-state index contributed by atoms with van der Waals surface area (Å²) in [4.78, 5) is 12.4. The van der Waals surface area contributed by atoms with E-state index in [1.54, 1.807) is 19.2 Å². The summed E-state index contributed by atoms with van der Waals surface area (Å²) in [5.74, 6) is 0.318. The summed E-state index contributed by atoms with van der Waals surface area (Å²) in [6.45, 7) is 0.861. The second-order valence-corrected chi connectivity index (χ2v) is 5.22. The van der Waals surface area contributed by atoms with Crippen molar-refractivity contribution in [1.29, 1.82) is 0 Å². The number of methoxy groups -OCH3 is 1. The highest BCUT2D eigenvalue weighted by Crippen LogP contribution is 2.24. The van der Waals surface area contributed by atoms with Gasteiger partial charge in [-0.2, -0.15) is 0 Å². The predicted octanol–water partition coefficient (Wildman–Crippen LogP) is 3.73. The molecule has 2 aromatic rings. The third-order valence-electron chi connectivity index (χ3n) is 2.76. The smallest absolute Gasteiger partial charge is 0.259 e. The van der Waals surface area contributed by atoms with E-state index >= 15 is 0 Å². The fourth-order valence-electron chi connectivity index (χ4n) is 1.76. The van der Waals surface area contributed by atoms with E-state index in [0.29, 0.717) is 24.5 Å². The molecule has 0 atom stereocenters. The molecule has 1 N–H and O–H groups in total. The molecule has 2 aromatic carbocycles. The highest BCUT2D eigenvalue weighted by molar-refractivity contribution is 9.10. The summed E-state index contributed by atoms with van der Waals surface area (Å²) in [5, 5.41) is 2.85. The zero-order chi connectivity index (χ0) is 15.1. The molecule has 0 bridgehead atoms. The Balaban J connectivity index is 2.16. The first kappa shape index (κ1) is 15.5. The maximum Gasteiger partial charge on any atom is 0.259 e. The Hall–Kier alpha value is -1.85. The number of benzene rings is 2. The highest BCUT2D eigenvalue weighted by Gasteiger charge is 2.13. The Morgan fingerprint density at radius 2 is 1.90 bits per heavy atom. The molecule has 0 aliphatic rings. The number of hydrogen-bond acceptors (Lipinski definition) is 3. The molecule has 0 aliphatic carbocycles. The van der Waals surface area contributed by atoms with Crippen LogP contribution in [0.5, 0.6) is 5.75 Å². The van der Waals surface area contributed by atoms with Crippen LogP contribution >= 0.6 is 15.9 Å². The molecule has 0 aliphatic heterocycles. The summed E-state index contributed by atoms with van der Waals surface area (Å²) < 4.78 is 11.4. The maximum atomic E-state index is 12.4. The van der Waals surface area contributed by atoms with Gasteiger partial charge in [-0.3, -0.25) is 4.79 Å². The van der Waals surface area contributed by atoms with Crippen LogP contribution in [0.25, 0.3) is 0 Å². The van der Waals surface area contributed by atoms with Crippen molar-refractivity contribution >= 4 is 27.5 Å². The van der Waals surface area contributed by atoms with Crippen LogP contribution in [-0.4, -0.2) is 26.2 Å². The van der Waals surface area contributed by atoms with E-state index in [1.165, 1.54) is 0 Å². The van der Waals surface area contributed by atoms with Crippen molar-refractivity contribution in [2.24, 2.45) is 0 Å². The van der Waals surface area contributed by atoms with Gasteiger partial charge < -0.3 is 14.8 Å². The van der Waals surface area contributed by atoms with E-state index in [9.17, 15) is 4.79 Å². The van der Waals surface area contributed by atoms with Gasteiger partial charge in [0.25, 0.3) is 5.91 Å². The number of anilines is 1. The van der Waals surface area contributed by atoms with E-state index in [-0.39, 0.29) is 5.91 Å². The highest BCUT2D eigenvalue weighted by atomic mass is 79.9. The molecule has 0 spiro atoms. The average Bonchev–Trinajstić information content (AvgIpc) is 2.50. The number of carbonyl (C=O) groups excluding carboxylic acids is 1. The minimum Gasteiger partial charge on any atom is -0.490 e. The van der Waals surface area contributed by atoms with Gasteiger partial charge in [-0.15, -0.1) is 0 Å². The number of rotatable bonds is 6. The molecule has 110 valence electrons. The predicted molar refractivity (Wildman–Crippen MR) is 85.9 cm³/mol. The van der Waals surface area contributed by atoms with Crippen LogP contribution in [0.3, 0.4) is 0 Å². The second kappa shape index (κ2) is 7.81. The average molecular weight is 350 g/mol. The molecule has 5 heteroatoms. The van der Waals surface area contributed by atoms with Gasteiger partial charge in [0.1, 0.15) is 12.4 Å². The Morgan fingerprint density at radius 1 is 1.14 bits per heavy atom. The minimum absolute atomic E-state index is 0.213. The van der Waals surface area contributed by atoms with Crippen LogP contribution in [0.4, 0.5) is 5.69 Å². The van der Waals surface area contributed by atoms with Crippen molar-refractivity contribution in [2.75, 3.05) is 25.6 Å². The topological polar surface area (TPSA) is 47.6 Å². The fraction of sp³-hybridized carbons (Fsp3) is 0.188. The number of nitrogens with one attached hydrogen (secondary N) is 1. The lowest BCUT2D eigenvalue weighted by Crippen LogP contribution is -2.15. The zero-order valence-corrected chi connectivity index (χ0v) is 13.2. The van der Waals surface area contributed by atoms with Crippen LogP contribution < -0.4 is 10.1 Å². The molecule has 0 fully saturated rings. The number of halogens is 1. The maximum absolute atomic E-state index is 12.4. The molecule has 0 saturated carbocycles. The molecule has 4 nitrogen and oxygen atoms in total. The first-order chi connectivity index (χ1) is 10.2. The number of para-hydroxylation sites is 1. The quantitative estimate of drug-likeness (QED) is 0.808. The Kier molecular flexibility index (Phi) is 5.78. The Labute approximate surface area is 132 Å². The Bertz CT molecular complexity index is 602. The molecule has 2 rings (SSSR count). The summed E-state index contributed by atoms with van der Waals surface area (Å²) in [6.07, 6.45) is 0. The molecule has 0 aromatic heterocycles. The molecule has 21 heavy (non-hydrogen) atoms. The van der Waals surface area contributed by atoms with Crippen molar-refractivity contribution in [3.05, 3.63) is 58.6 Å². The molecular weight excluding hydrogens is 334 g/mol. The first-order valence-corrected chi connectivity index (χ1v) is 7.27. The lowest BCUT2D eigenvalue weighted by atomic mass is 10.2. The first-order valence-electron chi connectivity index (χ1n) is 6.48. The van der Waals surface area contributed by atoms with Crippen LogP contribution in [0.15, 0.2) is 53.0 Å². The van der Waals surface area contributed by atoms with Gasteiger partial charge >= 0.3 is 0 Å². The van der Waals surface area contributed by atoms with E-state index in [0.717, 1.165) is 10.2 Å². The van der Waals surface area contributed by atoms with Crippen LogP contribution in [-0.2, 0) is 4.74 Å². The van der Waals surface area contributed by atoms with Gasteiger partial charge in [0.15, 0.2) is 0 Å². The van der Waals surface area contributed by atoms with Crippen LogP contribution in [0.1, 0.15) is 10.4 Å². The summed E-state index contributed by atoms with van der Waals surface area (Å²) in [7, 11) is 1.61. The number of carbonyl (C=O) groups is 1. The SMILES string of the molecule is COCCOc1ccc(Br)cc1C(=O)Nc1ccccc1. The van der Waals surface area contributed by atoms with Crippen LogP contribution in [0, 0.1) is 0 Å². The normalized spacial score (nSPS) is 10.2. The largest absolute Gasteiger partial charge is 0.490 e. The van der Waals surface area contributed by atoms with Crippen molar-refractivity contribution in [3.63, 3.8) is 0 Å². The molecule has 1 amide bonds. The van der Waals surface area contributed by atoms with E-state index < -0.39 is 0 Å². The molecule has 0 radical (unpaired) electrons. The van der Waals surface area contributed by atoms with Crippen molar-refractivity contribution in [3.8, 4) is 5.75 Å².